The van der Waals surface area contributed by atoms with E-state index in [1.54, 1.807) is 30.7 Å². The number of carbonyl (C=O) groups excluding carboxylic acids is 2. The molecule has 21 heavy (non-hydrogen) atoms. The molecule has 108 valence electrons. The van der Waals surface area contributed by atoms with Gasteiger partial charge in [0.05, 0.1) is 12.0 Å². The Hall–Kier alpha value is -2.83. The van der Waals surface area contributed by atoms with E-state index in [1.165, 1.54) is 0 Å². The van der Waals surface area contributed by atoms with Crippen LogP contribution in [-0.4, -0.2) is 34.5 Å². The highest BCUT2D eigenvalue weighted by molar-refractivity contribution is 5.98. The number of hydrogen-bond donors (Lipinski definition) is 2. The summed E-state index contributed by atoms with van der Waals surface area (Å²) in [5.41, 5.74) is 1.08. The van der Waals surface area contributed by atoms with E-state index in [1.807, 2.05) is 10.8 Å². The van der Waals surface area contributed by atoms with Crippen LogP contribution in [0.1, 0.15) is 10.4 Å². The molecule has 0 unspecified atom stereocenters. The van der Waals surface area contributed by atoms with Gasteiger partial charge in [0.2, 0.25) is 0 Å². The quantitative estimate of drug-likeness (QED) is 0.864. The number of benzene rings is 1. The van der Waals surface area contributed by atoms with E-state index in [2.05, 4.69) is 15.6 Å². The molecule has 7 nitrogen and oxygen atoms in total. The Morgan fingerprint density at radius 2 is 2.38 bits per heavy atom. The van der Waals surface area contributed by atoms with Gasteiger partial charge in [0, 0.05) is 31.0 Å². The van der Waals surface area contributed by atoms with Gasteiger partial charge in [0.25, 0.3) is 11.8 Å². The number of rotatable bonds is 4. The normalized spacial score (nSPS) is 13.0. The molecule has 1 aromatic heterocycles. The summed E-state index contributed by atoms with van der Waals surface area (Å²) in [7, 11) is 0. The number of imidazole rings is 1. The monoisotopic (exact) mass is 286 g/mol. The summed E-state index contributed by atoms with van der Waals surface area (Å²) in [6.45, 7) is 1.13. The lowest BCUT2D eigenvalue weighted by Crippen LogP contribution is -2.28. The van der Waals surface area contributed by atoms with E-state index in [9.17, 15) is 9.59 Å². The summed E-state index contributed by atoms with van der Waals surface area (Å²) in [5, 5.41) is 5.50. The zero-order chi connectivity index (χ0) is 14.7. The minimum Gasteiger partial charge on any atom is -0.482 e. The van der Waals surface area contributed by atoms with Gasteiger partial charge in [-0.15, -0.1) is 0 Å². The molecular weight excluding hydrogens is 272 g/mol. The minimum absolute atomic E-state index is 0.0291. The lowest BCUT2D eigenvalue weighted by Gasteiger charge is -2.18. The molecule has 0 atom stereocenters. The lowest BCUT2D eigenvalue weighted by atomic mass is 10.1. The number of fused-ring (bicyclic) bond motifs is 1. The van der Waals surface area contributed by atoms with Crippen molar-refractivity contribution in [3.8, 4) is 5.75 Å². The van der Waals surface area contributed by atoms with Crippen LogP contribution in [0, 0.1) is 0 Å². The number of amides is 2. The van der Waals surface area contributed by atoms with Gasteiger partial charge in [-0.3, -0.25) is 9.59 Å². The Morgan fingerprint density at radius 1 is 1.48 bits per heavy atom. The third-order valence-electron chi connectivity index (χ3n) is 3.09. The number of aromatic nitrogens is 2. The highest BCUT2D eigenvalue weighted by Gasteiger charge is 2.17. The van der Waals surface area contributed by atoms with E-state index >= 15 is 0 Å². The first-order valence-electron chi connectivity index (χ1n) is 6.53. The Morgan fingerprint density at radius 3 is 3.19 bits per heavy atom. The summed E-state index contributed by atoms with van der Waals surface area (Å²) in [6, 6.07) is 4.94. The van der Waals surface area contributed by atoms with Crippen molar-refractivity contribution >= 4 is 17.5 Å². The van der Waals surface area contributed by atoms with Gasteiger partial charge in [-0.25, -0.2) is 4.98 Å². The van der Waals surface area contributed by atoms with E-state index in [4.69, 9.17) is 4.74 Å². The van der Waals surface area contributed by atoms with Crippen molar-refractivity contribution in [1.82, 2.24) is 14.9 Å². The molecule has 3 rings (SSSR count). The first-order valence-corrected chi connectivity index (χ1v) is 6.53. The molecular formula is C14H14N4O3. The lowest BCUT2D eigenvalue weighted by molar-refractivity contribution is -0.118. The highest BCUT2D eigenvalue weighted by Crippen LogP contribution is 2.28. The molecule has 2 heterocycles. The average Bonchev–Trinajstić information content (AvgIpc) is 3.00. The van der Waals surface area contributed by atoms with E-state index in [0.29, 0.717) is 30.1 Å². The van der Waals surface area contributed by atoms with Crippen LogP contribution in [0.15, 0.2) is 36.9 Å². The van der Waals surface area contributed by atoms with Gasteiger partial charge < -0.3 is 19.9 Å². The summed E-state index contributed by atoms with van der Waals surface area (Å²) in [5.74, 6) is 0.135. The van der Waals surface area contributed by atoms with Crippen molar-refractivity contribution < 1.29 is 14.3 Å². The molecule has 1 aromatic carbocycles. The average molecular weight is 286 g/mol. The van der Waals surface area contributed by atoms with Gasteiger partial charge >= 0.3 is 0 Å². The summed E-state index contributed by atoms with van der Waals surface area (Å²) >= 11 is 0. The number of carbonyl (C=O) groups is 2. The molecule has 0 spiro atoms. The Labute approximate surface area is 120 Å². The van der Waals surface area contributed by atoms with Crippen LogP contribution in [0.2, 0.25) is 0 Å². The fraction of sp³-hybridized carbons (Fsp3) is 0.214. The SMILES string of the molecule is O=C1COc2cc(C(=O)NCCn3ccnc3)ccc2N1. The van der Waals surface area contributed by atoms with Crippen LogP contribution in [0.4, 0.5) is 5.69 Å². The highest BCUT2D eigenvalue weighted by atomic mass is 16.5. The Kier molecular flexibility index (Phi) is 3.55. The predicted octanol–water partition coefficient (Wildman–Crippen LogP) is 0.644. The maximum Gasteiger partial charge on any atom is 0.262 e. The van der Waals surface area contributed by atoms with Gasteiger partial charge in [0.1, 0.15) is 5.75 Å². The fourth-order valence-corrected chi connectivity index (χ4v) is 2.04. The van der Waals surface area contributed by atoms with Crippen LogP contribution in [0.25, 0.3) is 0 Å². The zero-order valence-electron chi connectivity index (χ0n) is 11.2. The van der Waals surface area contributed by atoms with Gasteiger partial charge in [-0.1, -0.05) is 0 Å². The van der Waals surface area contributed by atoms with E-state index in [-0.39, 0.29) is 18.4 Å². The first-order chi connectivity index (χ1) is 10.2. The molecule has 1 aliphatic rings. The summed E-state index contributed by atoms with van der Waals surface area (Å²) in [6.07, 6.45) is 5.22. The van der Waals surface area contributed by atoms with Gasteiger partial charge in [-0.05, 0) is 18.2 Å². The topological polar surface area (TPSA) is 85.2 Å². The maximum atomic E-state index is 12.0. The number of ether oxygens (including phenoxy) is 1. The molecule has 0 fully saturated rings. The molecule has 7 heteroatoms. The van der Waals surface area contributed by atoms with Crippen LogP contribution in [0.5, 0.6) is 5.75 Å². The van der Waals surface area contributed by atoms with Crippen molar-refractivity contribution in [2.45, 2.75) is 6.54 Å². The fourth-order valence-electron chi connectivity index (χ4n) is 2.04. The van der Waals surface area contributed by atoms with Crippen molar-refractivity contribution in [3.63, 3.8) is 0 Å². The third-order valence-corrected chi connectivity index (χ3v) is 3.09. The molecule has 1 aliphatic heterocycles. The predicted molar refractivity (Wildman–Crippen MR) is 75.1 cm³/mol. The molecule has 2 amide bonds. The zero-order valence-corrected chi connectivity index (χ0v) is 11.2. The largest absolute Gasteiger partial charge is 0.482 e. The number of nitrogens with zero attached hydrogens (tertiary/aromatic N) is 2. The third kappa shape index (κ3) is 3.02. The molecule has 2 aromatic rings. The molecule has 2 N–H and O–H groups in total. The second-order valence-corrected chi connectivity index (χ2v) is 4.60. The van der Waals surface area contributed by atoms with Crippen molar-refractivity contribution in [2.24, 2.45) is 0 Å². The number of hydrogen-bond acceptors (Lipinski definition) is 4. The summed E-state index contributed by atoms with van der Waals surface area (Å²) in [4.78, 5) is 27.2. The molecule has 0 bridgehead atoms. The van der Waals surface area contributed by atoms with E-state index < -0.39 is 0 Å². The van der Waals surface area contributed by atoms with Crippen LogP contribution in [-0.2, 0) is 11.3 Å². The second kappa shape index (κ2) is 5.66. The van der Waals surface area contributed by atoms with Crippen molar-refractivity contribution in [1.29, 1.82) is 0 Å². The number of nitrogens with one attached hydrogen (secondary N) is 2. The number of anilines is 1. The molecule has 0 saturated carbocycles. The van der Waals surface area contributed by atoms with Crippen LogP contribution >= 0.6 is 0 Å². The molecule has 0 radical (unpaired) electrons. The minimum atomic E-state index is -0.194. The van der Waals surface area contributed by atoms with Crippen molar-refractivity contribution in [2.75, 3.05) is 18.5 Å². The first kappa shape index (κ1) is 13.2. The van der Waals surface area contributed by atoms with Crippen LogP contribution in [0.3, 0.4) is 0 Å². The van der Waals surface area contributed by atoms with Crippen molar-refractivity contribution in [3.05, 3.63) is 42.5 Å². The molecule has 0 aliphatic carbocycles. The second-order valence-electron chi connectivity index (χ2n) is 4.60. The smallest absolute Gasteiger partial charge is 0.262 e. The summed E-state index contributed by atoms with van der Waals surface area (Å²) < 4.78 is 7.17. The standard InChI is InChI=1S/C14H14N4O3/c19-13-8-21-12-7-10(1-2-11(12)17-13)14(20)16-4-6-18-5-3-15-9-18/h1-3,5,7,9H,4,6,8H2,(H,16,20)(H,17,19). The maximum absolute atomic E-state index is 12.0. The Bertz CT molecular complexity index is 667. The van der Waals surface area contributed by atoms with Gasteiger partial charge in [-0.2, -0.15) is 0 Å². The molecule has 0 saturated heterocycles. The van der Waals surface area contributed by atoms with Crippen LogP contribution < -0.4 is 15.4 Å². The Balaban J connectivity index is 1.61. The van der Waals surface area contributed by atoms with Gasteiger partial charge in [0.15, 0.2) is 6.61 Å². The van der Waals surface area contributed by atoms with E-state index in [0.717, 1.165) is 0 Å².